The molecule has 5 heteroatoms. The lowest BCUT2D eigenvalue weighted by Crippen LogP contribution is -2.31. The molecule has 0 spiro atoms. The standard InChI is InChI=1S/C5H13NO2S2/c1-9-4-10(8)3-5(6)2-7/h5,7H,2-4,6H2,1H3/t5-,10+/m0/s1. The van der Waals surface area contributed by atoms with Crippen molar-refractivity contribution in [1.29, 1.82) is 0 Å². The molecule has 0 aliphatic carbocycles. The third-order valence-electron chi connectivity index (χ3n) is 0.884. The Morgan fingerprint density at radius 3 is 2.80 bits per heavy atom. The zero-order valence-electron chi connectivity index (χ0n) is 5.95. The topological polar surface area (TPSA) is 63.3 Å². The Morgan fingerprint density at radius 1 is 1.80 bits per heavy atom. The summed E-state index contributed by atoms with van der Waals surface area (Å²) in [7, 11) is -0.872. The number of hydrogen-bond acceptors (Lipinski definition) is 4. The Hall–Kier alpha value is 0.420. The van der Waals surface area contributed by atoms with Crippen molar-refractivity contribution in [2.75, 3.05) is 23.7 Å². The molecule has 0 aliphatic rings. The van der Waals surface area contributed by atoms with Gasteiger partial charge in [-0.3, -0.25) is 4.21 Å². The Bertz CT molecular complexity index is 110. The van der Waals surface area contributed by atoms with Gasteiger partial charge in [0.1, 0.15) is 0 Å². The van der Waals surface area contributed by atoms with Crippen molar-refractivity contribution in [3.63, 3.8) is 0 Å². The van der Waals surface area contributed by atoms with Crippen molar-refractivity contribution in [2.24, 2.45) is 5.73 Å². The summed E-state index contributed by atoms with van der Waals surface area (Å²) in [5.41, 5.74) is 5.35. The summed E-state index contributed by atoms with van der Waals surface area (Å²) in [5.74, 6) is 0.400. The smallest absolute Gasteiger partial charge is 0.0690 e. The minimum Gasteiger partial charge on any atom is -0.395 e. The van der Waals surface area contributed by atoms with Crippen LogP contribution in [0.15, 0.2) is 0 Å². The molecule has 0 heterocycles. The van der Waals surface area contributed by atoms with E-state index < -0.39 is 10.8 Å². The van der Waals surface area contributed by atoms with Crippen LogP contribution < -0.4 is 5.73 Å². The monoisotopic (exact) mass is 183 g/mol. The van der Waals surface area contributed by atoms with Crippen molar-refractivity contribution in [1.82, 2.24) is 0 Å². The maximum absolute atomic E-state index is 10.9. The van der Waals surface area contributed by atoms with Gasteiger partial charge in [0.15, 0.2) is 0 Å². The van der Waals surface area contributed by atoms with E-state index in [1.54, 1.807) is 0 Å². The van der Waals surface area contributed by atoms with Gasteiger partial charge in [-0.05, 0) is 6.26 Å². The summed E-state index contributed by atoms with van der Waals surface area (Å²) in [4.78, 5) is 0. The second-order valence-corrected chi connectivity index (χ2v) is 4.69. The van der Waals surface area contributed by atoms with Crippen LogP contribution in [0, 0.1) is 0 Å². The highest BCUT2D eigenvalue weighted by Gasteiger charge is 2.05. The van der Waals surface area contributed by atoms with Crippen LogP contribution in [-0.4, -0.2) is 39.1 Å². The first-order valence-corrected chi connectivity index (χ1v) is 5.79. The van der Waals surface area contributed by atoms with E-state index in [1.165, 1.54) is 11.8 Å². The first-order valence-electron chi connectivity index (χ1n) is 2.91. The minimum atomic E-state index is -0.872. The summed E-state index contributed by atoms with van der Waals surface area (Å²) < 4.78 is 10.9. The van der Waals surface area contributed by atoms with E-state index in [9.17, 15) is 4.21 Å². The van der Waals surface area contributed by atoms with Gasteiger partial charge in [-0.15, -0.1) is 0 Å². The fraction of sp³-hybridized carbons (Fsp3) is 1.00. The van der Waals surface area contributed by atoms with E-state index in [-0.39, 0.29) is 12.6 Å². The summed E-state index contributed by atoms with van der Waals surface area (Å²) in [6.45, 7) is -0.0832. The molecule has 0 aromatic heterocycles. The molecule has 0 rings (SSSR count). The van der Waals surface area contributed by atoms with E-state index in [1.807, 2.05) is 6.26 Å². The van der Waals surface area contributed by atoms with Gasteiger partial charge >= 0.3 is 0 Å². The van der Waals surface area contributed by atoms with Crippen LogP contribution in [0.2, 0.25) is 0 Å². The zero-order valence-corrected chi connectivity index (χ0v) is 7.58. The third-order valence-corrected chi connectivity index (χ3v) is 3.68. The molecule has 0 radical (unpaired) electrons. The molecule has 0 unspecified atom stereocenters. The van der Waals surface area contributed by atoms with Crippen LogP contribution >= 0.6 is 11.8 Å². The maximum atomic E-state index is 10.9. The highest BCUT2D eigenvalue weighted by molar-refractivity contribution is 8.09. The van der Waals surface area contributed by atoms with Gasteiger partial charge in [0.05, 0.1) is 11.7 Å². The van der Waals surface area contributed by atoms with Crippen molar-refractivity contribution in [3.05, 3.63) is 0 Å². The maximum Gasteiger partial charge on any atom is 0.0690 e. The molecule has 0 amide bonds. The van der Waals surface area contributed by atoms with Gasteiger partial charge in [0, 0.05) is 22.6 Å². The first kappa shape index (κ1) is 10.4. The quantitative estimate of drug-likeness (QED) is 0.596. The SMILES string of the molecule is CSC[S@](=O)C[C@@H](N)CO. The molecule has 3 nitrogen and oxygen atoms in total. The van der Waals surface area contributed by atoms with Gasteiger partial charge < -0.3 is 10.8 Å². The summed E-state index contributed by atoms with van der Waals surface area (Å²) in [6.07, 6.45) is 1.89. The number of aliphatic hydroxyl groups excluding tert-OH is 1. The second-order valence-electron chi connectivity index (χ2n) is 1.96. The number of nitrogens with two attached hydrogens (primary N) is 1. The molecule has 0 saturated carbocycles. The normalized spacial score (nSPS) is 16.7. The molecular weight excluding hydrogens is 170 g/mol. The number of hydrogen-bond donors (Lipinski definition) is 2. The van der Waals surface area contributed by atoms with Gasteiger partial charge in [0.25, 0.3) is 0 Å². The number of thioether (sulfide) groups is 1. The molecule has 10 heavy (non-hydrogen) atoms. The van der Waals surface area contributed by atoms with E-state index in [4.69, 9.17) is 10.8 Å². The number of rotatable bonds is 5. The molecule has 2 atom stereocenters. The van der Waals surface area contributed by atoms with Crippen LogP contribution in [-0.2, 0) is 10.8 Å². The summed E-state index contributed by atoms with van der Waals surface area (Å²) in [6, 6.07) is -0.326. The fourth-order valence-corrected chi connectivity index (χ4v) is 2.49. The average Bonchev–Trinajstić information content (AvgIpc) is 1.88. The molecule has 0 aromatic carbocycles. The van der Waals surface area contributed by atoms with Crippen LogP contribution in [0.3, 0.4) is 0 Å². The molecule has 3 N–H and O–H groups in total. The molecular formula is C5H13NO2S2. The summed E-state index contributed by atoms with van der Waals surface area (Å²) >= 11 is 1.52. The molecule has 0 saturated heterocycles. The Labute approximate surface area is 67.8 Å². The lowest BCUT2D eigenvalue weighted by atomic mass is 10.4. The summed E-state index contributed by atoms with van der Waals surface area (Å²) in [5, 5.41) is 9.09. The molecule has 0 fully saturated rings. The van der Waals surface area contributed by atoms with Gasteiger partial charge in [-0.25, -0.2) is 0 Å². The van der Waals surface area contributed by atoms with Gasteiger partial charge in [0.2, 0.25) is 0 Å². The first-order chi connectivity index (χ1) is 4.70. The van der Waals surface area contributed by atoms with E-state index >= 15 is 0 Å². The highest BCUT2D eigenvalue weighted by atomic mass is 32.2. The fourth-order valence-electron chi connectivity index (χ4n) is 0.471. The Balaban J connectivity index is 3.37. The van der Waals surface area contributed by atoms with Crippen molar-refractivity contribution in [3.8, 4) is 0 Å². The van der Waals surface area contributed by atoms with E-state index in [0.717, 1.165) is 0 Å². The Kier molecular flexibility index (Phi) is 6.41. The van der Waals surface area contributed by atoms with E-state index in [0.29, 0.717) is 10.8 Å². The van der Waals surface area contributed by atoms with Gasteiger partial charge in [-0.2, -0.15) is 11.8 Å². The molecule has 0 aromatic rings. The van der Waals surface area contributed by atoms with Crippen LogP contribution in [0.5, 0.6) is 0 Å². The van der Waals surface area contributed by atoms with Crippen molar-refractivity contribution < 1.29 is 9.32 Å². The van der Waals surface area contributed by atoms with Crippen LogP contribution in [0.1, 0.15) is 0 Å². The zero-order chi connectivity index (χ0) is 7.98. The predicted octanol–water partition coefficient (Wildman–Crippen LogP) is -0.625. The molecule has 0 aliphatic heterocycles. The largest absolute Gasteiger partial charge is 0.395 e. The highest BCUT2D eigenvalue weighted by Crippen LogP contribution is 1.97. The third kappa shape index (κ3) is 5.22. The number of aliphatic hydroxyl groups is 1. The lowest BCUT2D eigenvalue weighted by Gasteiger charge is -2.05. The second kappa shape index (κ2) is 6.15. The van der Waals surface area contributed by atoms with Crippen LogP contribution in [0.25, 0.3) is 0 Å². The van der Waals surface area contributed by atoms with Crippen LogP contribution in [0.4, 0.5) is 0 Å². The molecule has 62 valence electrons. The molecule has 0 bridgehead atoms. The minimum absolute atomic E-state index is 0.0832. The van der Waals surface area contributed by atoms with Gasteiger partial charge in [-0.1, -0.05) is 0 Å². The average molecular weight is 183 g/mol. The predicted molar refractivity (Wildman–Crippen MR) is 46.5 cm³/mol. The van der Waals surface area contributed by atoms with Crippen molar-refractivity contribution >= 4 is 22.6 Å². The Morgan fingerprint density at radius 2 is 2.40 bits per heavy atom. The van der Waals surface area contributed by atoms with E-state index in [2.05, 4.69) is 0 Å². The lowest BCUT2D eigenvalue weighted by molar-refractivity contribution is 0.275. The van der Waals surface area contributed by atoms with Crippen molar-refractivity contribution in [2.45, 2.75) is 6.04 Å².